The average Bonchev–Trinajstić information content (AvgIpc) is 3.15. The maximum atomic E-state index is 2.32. The van der Waals surface area contributed by atoms with Crippen LogP contribution in [0.1, 0.15) is 50.7 Å². The Hall–Kier alpha value is -1.56. The van der Waals surface area contributed by atoms with Crippen LogP contribution in [0.3, 0.4) is 0 Å². The summed E-state index contributed by atoms with van der Waals surface area (Å²) in [5.41, 5.74) is 5.72. The van der Waals surface area contributed by atoms with Crippen molar-refractivity contribution in [3.63, 3.8) is 0 Å². The maximum absolute atomic E-state index is 2.32. The molecular weight excluding hydrogens is 367 g/mol. The number of hydrogen-bond donors (Lipinski definition) is 0. The molecule has 1 heteroatoms. The molecule has 0 saturated heterocycles. The Morgan fingerprint density at radius 2 is 0.960 bits per heavy atom. The van der Waals surface area contributed by atoms with Gasteiger partial charge < -0.3 is 0 Å². The summed E-state index contributed by atoms with van der Waals surface area (Å²) in [6, 6.07) is 23.1. The van der Waals surface area contributed by atoms with Crippen molar-refractivity contribution in [2.75, 3.05) is 0 Å². The van der Waals surface area contributed by atoms with Crippen molar-refractivity contribution >= 4 is 14.5 Å². The van der Waals surface area contributed by atoms with Crippen LogP contribution in [0.15, 0.2) is 60.7 Å². The van der Waals surface area contributed by atoms with E-state index >= 15 is 0 Å². The molecule has 0 bridgehead atoms. The van der Waals surface area contributed by atoms with Crippen molar-refractivity contribution in [1.29, 1.82) is 0 Å². The zero-order valence-electron chi connectivity index (χ0n) is 15.4. The molecular formula is C24H28Se. The van der Waals surface area contributed by atoms with Crippen LogP contribution in [-0.4, -0.2) is 14.5 Å². The molecule has 0 aliphatic rings. The Morgan fingerprint density at radius 3 is 1.32 bits per heavy atom. The molecule has 3 rings (SSSR count). The molecule has 2 aromatic carbocycles. The molecule has 0 N–H and O–H groups in total. The monoisotopic (exact) mass is 396 g/mol. The van der Waals surface area contributed by atoms with Gasteiger partial charge in [0.2, 0.25) is 0 Å². The molecule has 0 nitrogen and oxygen atoms in total. The van der Waals surface area contributed by atoms with E-state index in [2.05, 4.69) is 74.5 Å². The summed E-state index contributed by atoms with van der Waals surface area (Å²) < 4.78 is 3.00. The minimum absolute atomic E-state index is 0.413. The normalized spacial score (nSPS) is 11.0. The Balaban J connectivity index is 1.71. The van der Waals surface area contributed by atoms with E-state index in [0.717, 1.165) is 0 Å². The van der Waals surface area contributed by atoms with Crippen LogP contribution in [0, 0.1) is 0 Å². The van der Waals surface area contributed by atoms with Gasteiger partial charge in [0, 0.05) is 0 Å². The molecule has 25 heavy (non-hydrogen) atoms. The molecule has 0 saturated carbocycles. The Bertz CT molecular complexity index is 697. The Morgan fingerprint density at radius 1 is 0.560 bits per heavy atom. The van der Waals surface area contributed by atoms with Crippen LogP contribution in [0.5, 0.6) is 0 Å². The van der Waals surface area contributed by atoms with Crippen LogP contribution in [0.2, 0.25) is 0 Å². The van der Waals surface area contributed by atoms with Crippen molar-refractivity contribution in [1.82, 2.24) is 0 Å². The number of rotatable bonds is 8. The second kappa shape index (κ2) is 9.22. The van der Waals surface area contributed by atoms with Gasteiger partial charge in [-0.15, -0.1) is 0 Å². The molecule has 0 spiro atoms. The van der Waals surface area contributed by atoms with Crippen LogP contribution < -0.4 is 0 Å². The number of unbranched alkanes of at least 4 members (excludes halogenated alkanes) is 2. The first kappa shape index (κ1) is 18.2. The number of aryl methyl sites for hydroxylation is 2. The van der Waals surface area contributed by atoms with Gasteiger partial charge in [-0.05, 0) is 0 Å². The second-order valence-corrected chi connectivity index (χ2v) is 9.04. The fourth-order valence-electron chi connectivity index (χ4n) is 3.08. The molecule has 130 valence electrons. The Kier molecular flexibility index (Phi) is 6.73. The van der Waals surface area contributed by atoms with Crippen LogP contribution in [0.25, 0.3) is 20.0 Å². The molecule has 1 aromatic heterocycles. The quantitative estimate of drug-likeness (QED) is 0.370. The van der Waals surface area contributed by atoms with Gasteiger partial charge in [0.25, 0.3) is 0 Å². The van der Waals surface area contributed by atoms with E-state index in [9.17, 15) is 0 Å². The molecule has 0 unspecified atom stereocenters. The summed E-state index contributed by atoms with van der Waals surface area (Å²) in [7, 11) is 0. The zero-order valence-corrected chi connectivity index (χ0v) is 17.1. The summed E-state index contributed by atoms with van der Waals surface area (Å²) in [4.78, 5) is 0. The van der Waals surface area contributed by atoms with E-state index in [1.165, 1.54) is 69.7 Å². The molecule has 0 atom stereocenters. The van der Waals surface area contributed by atoms with E-state index in [-0.39, 0.29) is 0 Å². The van der Waals surface area contributed by atoms with Crippen LogP contribution in [0.4, 0.5) is 0 Å². The van der Waals surface area contributed by atoms with Crippen molar-refractivity contribution in [2.45, 2.75) is 52.4 Å². The third-order valence-corrected chi connectivity index (χ3v) is 7.20. The molecule has 0 aliphatic carbocycles. The summed E-state index contributed by atoms with van der Waals surface area (Å²) in [5, 5.41) is 0. The first-order valence-corrected chi connectivity index (χ1v) is 11.3. The van der Waals surface area contributed by atoms with E-state index in [0.29, 0.717) is 14.5 Å². The van der Waals surface area contributed by atoms with Gasteiger partial charge in [-0.2, -0.15) is 0 Å². The number of hydrogen-bond acceptors (Lipinski definition) is 0. The zero-order chi connectivity index (χ0) is 17.5. The first-order chi connectivity index (χ1) is 12.3. The predicted molar refractivity (Wildman–Crippen MR) is 111 cm³/mol. The predicted octanol–water partition coefficient (Wildman–Crippen LogP) is 6.76. The SMILES string of the molecule is CCCCc1ccc(-c2ccc(-c3ccc(CCCC)cc3)[se]2)cc1. The molecule has 0 aliphatic heterocycles. The van der Waals surface area contributed by atoms with Gasteiger partial charge in [0.1, 0.15) is 0 Å². The van der Waals surface area contributed by atoms with Crippen molar-refractivity contribution in [2.24, 2.45) is 0 Å². The van der Waals surface area contributed by atoms with E-state index in [4.69, 9.17) is 0 Å². The van der Waals surface area contributed by atoms with E-state index in [1.807, 2.05) is 0 Å². The van der Waals surface area contributed by atoms with Gasteiger partial charge in [0.15, 0.2) is 0 Å². The van der Waals surface area contributed by atoms with Crippen LogP contribution in [-0.2, 0) is 12.8 Å². The van der Waals surface area contributed by atoms with Gasteiger partial charge in [0.05, 0.1) is 0 Å². The summed E-state index contributed by atoms with van der Waals surface area (Å²) in [6.45, 7) is 4.51. The standard InChI is InChI=1S/C24H28Se/c1-3-5-7-19-9-13-21(14-10-19)23-17-18-24(25-23)22-15-11-20(12-16-22)8-6-4-2/h9-18H,3-8H2,1-2H3. The first-order valence-electron chi connectivity index (χ1n) is 9.58. The summed E-state index contributed by atoms with van der Waals surface area (Å²) in [5.74, 6) is 0. The van der Waals surface area contributed by atoms with E-state index < -0.39 is 0 Å². The van der Waals surface area contributed by atoms with Crippen LogP contribution >= 0.6 is 0 Å². The third kappa shape index (κ3) is 4.97. The molecule has 0 radical (unpaired) electrons. The van der Waals surface area contributed by atoms with Crippen molar-refractivity contribution in [3.05, 3.63) is 71.8 Å². The third-order valence-electron chi connectivity index (χ3n) is 4.72. The topological polar surface area (TPSA) is 0 Å². The van der Waals surface area contributed by atoms with Gasteiger partial charge in [-0.3, -0.25) is 0 Å². The molecule has 0 amide bonds. The van der Waals surface area contributed by atoms with Gasteiger partial charge in [-0.25, -0.2) is 0 Å². The molecule has 0 fully saturated rings. The van der Waals surface area contributed by atoms with Crippen molar-refractivity contribution < 1.29 is 0 Å². The Labute approximate surface area is 158 Å². The van der Waals surface area contributed by atoms with Crippen molar-refractivity contribution in [3.8, 4) is 20.0 Å². The summed E-state index contributed by atoms with van der Waals surface area (Å²) in [6.07, 6.45) is 7.50. The molecule has 3 aromatic rings. The fourth-order valence-corrected chi connectivity index (χ4v) is 5.21. The van der Waals surface area contributed by atoms with Gasteiger partial charge >= 0.3 is 159 Å². The fraction of sp³-hybridized carbons (Fsp3) is 0.333. The second-order valence-electron chi connectivity index (χ2n) is 6.76. The average molecular weight is 395 g/mol. The number of benzene rings is 2. The van der Waals surface area contributed by atoms with E-state index in [1.54, 1.807) is 0 Å². The minimum atomic E-state index is 0.413. The summed E-state index contributed by atoms with van der Waals surface area (Å²) >= 11 is 0.413. The van der Waals surface area contributed by atoms with Gasteiger partial charge in [-0.1, -0.05) is 0 Å². The molecule has 1 heterocycles.